The lowest BCUT2D eigenvalue weighted by Gasteiger charge is -2.21. The molecule has 10 heteroatoms. The van der Waals surface area contributed by atoms with Gasteiger partial charge < -0.3 is 19.5 Å². The fourth-order valence-electron chi connectivity index (χ4n) is 5.34. The lowest BCUT2D eigenvalue weighted by molar-refractivity contribution is 0.130. The van der Waals surface area contributed by atoms with Gasteiger partial charge in [0, 0.05) is 49.5 Å². The van der Waals surface area contributed by atoms with Crippen LogP contribution in [0.2, 0.25) is 0 Å². The van der Waals surface area contributed by atoms with Crippen molar-refractivity contribution in [3.8, 4) is 34.4 Å². The van der Waals surface area contributed by atoms with Gasteiger partial charge in [0.25, 0.3) is 0 Å². The van der Waals surface area contributed by atoms with E-state index in [1.54, 1.807) is 6.33 Å². The summed E-state index contributed by atoms with van der Waals surface area (Å²) in [5.41, 5.74) is 7.16. The van der Waals surface area contributed by atoms with Crippen LogP contribution in [-0.2, 0) is 6.54 Å². The van der Waals surface area contributed by atoms with E-state index in [4.69, 9.17) is 5.26 Å². The Morgan fingerprint density at radius 1 is 1.05 bits per heavy atom. The molecule has 0 saturated carbocycles. The number of aliphatic hydroxyl groups excluding tert-OH is 1. The summed E-state index contributed by atoms with van der Waals surface area (Å²) in [7, 11) is 4.10. The monoisotopic (exact) mass is 533 g/mol. The molecule has 1 saturated heterocycles. The summed E-state index contributed by atoms with van der Waals surface area (Å²) < 4.78 is 4.27. The molecular formula is C27H31N7OS2. The van der Waals surface area contributed by atoms with Crippen molar-refractivity contribution in [2.45, 2.75) is 12.6 Å². The molecule has 0 spiro atoms. The molecule has 2 atom stereocenters. The predicted octanol–water partition coefficient (Wildman–Crippen LogP) is 3.22. The molecule has 8 nitrogen and oxygen atoms in total. The smallest absolute Gasteiger partial charge is 0.185 e. The first-order valence-corrected chi connectivity index (χ1v) is 11.8. The molecule has 1 N–H and O–H groups in total. The maximum atomic E-state index is 10.6. The minimum Gasteiger partial charge on any atom is -0.391 e. The average molecular weight is 534 g/mol. The molecule has 0 radical (unpaired) electrons. The summed E-state index contributed by atoms with van der Waals surface area (Å²) in [6, 6.07) is 18.5. The van der Waals surface area contributed by atoms with Crippen LogP contribution in [0.4, 0.5) is 5.69 Å². The highest BCUT2D eigenvalue weighted by Crippen LogP contribution is 2.35. The summed E-state index contributed by atoms with van der Waals surface area (Å²) in [5.74, 6) is 1.04. The second kappa shape index (κ2) is 10.6. The van der Waals surface area contributed by atoms with E-state index >= 15 is 0 Å². The topological polar surface area (TPSA) is 86.1 Å². The number of aromatic nitrogens is 4. The highest BCUT2D eigenvalue weighted by molar-refractivity contribution is 7.59. The van der Waals surface area contributed by atoms with Gasteiger partial charge in [0.1, 0.15) is 6.33 Å². The second-order valence-corrected chi connectivity index (χ2v) is 9.76. The van der Waals surface area contributed by atoms with E-state index in [2.05, 4.69) is 75.2 Å². The third-order valence-corrected chi connectivity index (χ3v) is 7.06. The van der Waals surface area contributed by atoms with Crippen LogP contribution in [0.3, 0.4) is 0 Å². The molecular weight excluding hydrogens is 502 g/mol. The normalized spacial score (nSPS) is 17.6. The molecule has 4 heterocycles. The first kappa shape index (κ1) is 26.8. The molecule has 192 valence electrons. The van der Waals surface area contributed by atoms with Crippen LogP contribution in [-0.4, -0.2) is 69.2 Å². The van der Waals surface area contributed by atoms with Gasteiger partial charge in [-0.15, -0.1) is 10.2 Å². The van der Waals surface area contributed by atoms with E-state index < -0.39 is 0 Å². The third-order valence-electron chi connectivity index (χ3n) is 7.06. The Hall–Kier alpha value is -3.23. The largest absolute Gasteiger partial charge is 0.391 e. The molecule has 0 aliphatic carbocycles. The number of nitrogens with zero attached hydrogens (tertiary/aromatic N) is 7. The molecule has 1 fully saturated rings. The molecule has 0 unspecified atom stereocenters. The zero-order valence-electron chi connectivity index (χ0n) is 20.8. The highest BCUT2D eigenvalue weighted by atomic mass is 32.1. The summed E-state index contributed by atoms with van der Waals surface area (Å²) in [5, 5.41) is 28.4. The summed E-state index contributed by atoms with van der Waals surface area (Å²) in [6.45, 7) is 3.06. The van der Waals surface area contributed by atoms with Gasteiger partial charge in [-0.1, -0.05) is 12.1 Å². The Bertz CT molecular complexity index is 1440. The SMILES string of the molecule is CN(C)C[C@H]1CN(c2ccc3c(c2)Cn2cc(-c4ccc(C#N)cc4)cc2-c2nncn2-3)C[C@H]1O.S.S. The quantitative estimate of drug-likeness (QED) is 0.382. The van der Waals surface area contributed by atoms with Crippen molar-refractivity contribution in [3.05, 3.63) is 72.2 Å². The first-order chi connectivity index (χ1) is 17.0. The van der Waals surface area contributed by atoms with Gasteiger partial charge in [-0.25, -0.2) is 0 Å². The van der Waals surface area contributed by atoms with Crippen molar-refractivity contribution in [3.63, 3.8) is 0 Å². The molecule has 2 aliphatic heterocycles. The fraction of sp³-hybridized carbons (Fsp3) is 0.296. The third kappa shape index (κ3) is 4.88. The molecule has 2 aromatic carbocycles. The maximum Gasteiger partial charge on any atom is 0.185 e. The van der Waals surface area contributed by atoms with E-state index in [0.29, 0.717) is 18.7 Å². The highest BCUT2D eigenvalue weighted by Gasteiger charge is 2.32. The summed E-state index contributed by atoms with van der Waals surface area (Å²) >= 11 is 0. The number of aliphatic hydroxyl groups is 1. The van der Waals surface area contributed by atoms with Crippen molar-refractivity contribution in [2.75, 3.05) is 38.6 Å². The molecule has 6 rings (SSSR count). The lowest BCUT2D eigenvalue weighted by Crippen LogP contribution is -2.29. The Morgan fingerprint density at radius 3 is 2.57 bits per heavy atom. The zero-order valence-corrected chi connectivity index (χ0v) is 22.8. The molecule has 37 heavy (non-hydrogen) atoms. The van der Waals surface area contributed by atoms with Crippen LogP contribution in [0.5, 0.6) is 0 Å². The van der Waals surface area contributed by atoms with Crippen LogP contribution < -0.4 is 4.90 Å². The number of hydrogen-bond donors (Lipinski definition) is 1. The van der Waals surface area contributed by atoms with Gasteiger partial charge in [-0.2, -0.15) is 32.3 Å². The number of rotatable bonds is 4. The number of anilines is 1. The maximum absolute atomic E-state index is 10.6. The van der Waals surface area contributed by atoms with Crippen molar-refractivity contribution < 1.29 is 5.11 Å². The van der Waals surface area contributed by atoms with Gasteiger partial charge in [0.15, 0.2) is 5.82 Å². The minimum absolute atomic E-state index is 0. The van der Waals surface area contributed by atoms with E-state index in [9.17, 15) is 5.11 Å². The Labute approximate surface area is 230 Å². The number of fused-ring (bicyclic) bond motifs is 5. The number of benzene rings is 2. The van der Waals surface area contributed by atoms with Crippen LogP contribution in [0.25, 0.3) is 28.3 Å². The second-order valence-electron chi connectivity index (χ2n) is 9.76. The van der Waals surface area contributed by atoms with Crippen LogP contribution in [0.15, 0.2) is 61.1 Å². The Morgan fingerprint density at radius 2 is 1.84 bits per heavy atom. The van der Waals surface area contributed by atoms with Crippen LogP contribution in [0, 0.1) is 17.2 Å². The minimum atomic E-state index is -0.327. The van der Waals surface area contributed by atoms with Crippen molar-refractivity contribution in [1.29, 1.82) is 5.26 Å². The molecule has 2 aromatic heterocycles. The molecule has 0 bridgehead atoms. The summed E-state index contributed by atoms with van der Waals surface area (Å²) in [6.07, 6.45) is 3.58. The number of hydrogen-bond acceptors (Lipinski definition) is 6. The van der Waals surface area contributed by atoms with Gasteiger partial charge in [0.05, 0.1) is 29.1 Å². The van der Waals surface area contributed by atoms with Crippen molar-refractivity contribution in [1.82, 2.24) is 24.2 Å². The standard InChI is InChI=1S/C27H27N7O.2H2S/c1-31(2)12-22-15-32(16-26(22)35)23-7-8-24-21(9-23)14-33-13-20(19-5-3-18(11-28)4-6-19)10-25(33)27-30-29-17-34(24)27;;/h3-10,13,17,22,26,35H,12,14-16H2,1-2H3;2*1H2/t22-,26+;;/m0../s1. The van der Waals surface area contributed by atoms with Gasteiger partial charge in [-0.3, -0.25) is 4.57 Å². The van der Waals surface area contributed by atoms with Gasteiger partial charge in [0.2, 0.25) is 0 Å². The van der Waals surface area contributed by atoms with Gasteiger partial charge >= 0.3 is 0 Å². The van der Waals surface area contributed by atoms with E-state index in [-0.39, 0.29) is 39.0 Å². The summed E-state index contributed by atoms with van der Waals surface area (Å²) in [4.78, 5) is 4.43. The van der Waals surface area contributed by atoms with E-state index in [0.717, 1.165) is 47.1 Å². The number of β-amino-alcohol motifs (C(OH)–C–C–N with tert-alkyl or cyclic N) is 1. The zero-order chi connectivity index (χ0) is 24.1. The van der Waals surface area contributed by atoms with E-state index in [1.807, 2.05) is 28.8 Å². The predicted molar refractivity (Wildman–Crippen MR) is 155 cm³/mol. The van der Waals surface area contributed by atoms with E-state index in [1.165, 1.54) is 5.56 Å². The van der Waals surface area contributed by atoms with Crippen LogP contribution in [0.1, 0.15) is 11.1 Å². The molecule has 0 amide bonds. The van der Waals surface area contributed by atoms with Crippen molar-refractivity contribution in [2.24, 2.45) is 5.92 Å². The average Bonchev–Trinajstić information content (AvgIpc) is 3.56. The Balaban J connectivity index is 0.00000160. The number of nitriles is 1. The van der Waals surface area contributed by atoms with Crippen LogP contribution >= 0.6 is 27.0 Å². The molecule has 2 aliphatic rings. The van der Waals surface area contributed by atoms with Crippen molar-refractivity contribution >= 4 is 32.7 Å². The fourth-order valence-corrected chi connectivity index (χ4v) is 5.34. The first-order valence-electron chi connectivity index (χ1n) is 11.8. The lowest BCUT2D eigenvalue weighted by atomic mass is 10.1. The van der Waals surface area contributed by atoms with Gasteiger partial charge in [-0.05, 0) is 61.6 Å². The molecule has 4 aromatic rings. The Kier molecular flexibility index (Phi) is 7.71.